The van der Waals surface area contributed by atoms with E-state index in [0.717, 1.165) is 24.0 Å². The van der Waals surface area contributed by atoms with Crippen molar-refractivity contribution >= 4 is 23.5 Å². The molecule has 0 unspecified atom stereocenters. The Kier molecular flexibility index (Phi) is 5.62. The number of nitrogens with one attached hydrogen (secondary N) is 1. The molecule has 1 amide bonds. The maximum absolute atomic E-state index is 12.4. The molecule has 136 valence electrons. The molecule has 2 aromatic rings. The molecule has 0 saturated heterocycles. The second kappa shape index (κ2) is 7.92. The summed E-state index contributed by atoms with van der Waals surface area (Å²) in [5.41, 5.74) is 1.44. The topological polar surface area (TPSA) is 55.4 Å². The van der Waals surface area contributed by atoms with Crippen molar-refractivity contribution in [3.63, 3.8) is 0 Å². The first kappa shape index (κ1) is 18.5. The molecule has 3 rings (SSSR count). The van der Waals surface area contributed by atoms with Gasteiger partial charge in [-0.15, -0.1) is 0 Å². The summed E-state index contributed by atoms with van der Waals surface area (Å²) in [4.78, 5) is 24.4. The van der Waals surface area contributed by atoms with Crippen LogP contribution in [-0.2, 0) is 19.7 Å². The van der Waals surface area contributed by atoms with E-state index in [1.54, 1.807) is 12.1 Å². The Morgan fingerprint density at radius 2 is 1.77 bits per heavy atom. The number of halogens is 1. The Bertz CT molecular complexity index is 770. The highest BCUT2D eigenvalue weighted by Gasteiger charge is 2.52. The predicted molar refractivity (Wildman–Crippen MR) is 101 cm³/mol. The molecule has 0 spiro atoms. The van der Waals surface area contributed by atoms with Crippen LogP contribution in [-0.4, -0.2) is 25.0 Å². The molecule has 4 nitrogen and oxygen atoms in total. The molecule has 1 saturated carbocycles. The van der Waals surface area contributed by atoms with Gasteiger partial charge in [-0.3, -0.25) is 9.59 Å². The average molecular weight is 372 g/mol. The fourth-order valence-electron chi connectivity index (χ4n) is 2.99. The third-order valence-electron chi connectivity index (χ3n) is 4.85. The highest BCUT2D eigenvalue weighted by molar-refractivity contribution is 6.30. The standard InChI is InChI=1S/C21H22ClNO3/c1-15(16-5-3-2-4-6-16)13-23-19(24)14-26-20(25)21(11-12-21)17-7-9-18(22)10-8-17/h2-10,15H,11-14H2,1H3,(H,23,24)/t15-/m0/s1. The monoisotopic (exact) mass is 371 g/mol. The third-order valence-corrected chi connectivity index (χ3v) is 5.10. The van der Waals surface area contributed by atoms with Gasteiger partial charge in [-0.05, 0) is 42.0 Å². The fraction of sp³-hybridized carbons (Fsp3) is 0.333. The molecule has 1 N–H and O–H groups in total. The zero-order valence-corrected chi connectivity index (χ0v) is 15.5. The quantitative estimate of drug-likeness (QED) is 0.752. The van der Waals surface area contributed by atoms with E-state index in [9.17, 15) is 9.59 Å². The van der Waals surface area contributed by atoms with Gasteiger partial charge in [0.1, 0.15) is 0 Å². The summed E-state index contributed by atoms with van der Waals surface area (Å²) in [6.07, 6.45) is 1.47. The summed E-state index contributed by atoms with van der Waals surface area (Å²) in [7, 11) is 0. The van der Waals surface area contributed by atoms with Crippen LogP contribution in [0.3, 0.4) is 0 Å². The number of hydrogen-bond donors (Lipinski definition) is 1. The number of carbonyl (C=O) groups excluding carboxylic acids is 2. The van der Waals surface area contributed by atoms with Crippen LogP contribution >= 0.6 is 11.6 Å². The van der Waals surface area contributed by atoms with Crippen molar-refractivity contribution in [3.8, 4) is 0 Å². The van der Waals surface area contributed by atoms with Gasteiger partial charge in [-0.2, -0.15) is 0 Å². The van der Waals surface area contributed by atoms with E-state index in [1.807, 2.05) is 49.4 Å². The van der Waals surface area contributed by atoms with E-state index < -0.39 is 5.41 Å². The SMILES string of the molecule is C[C@@H](CNC(=O)COC(=O)C1(c2ccc(Cl)cc2)CC1)c1ccccc1. The van der Waals surface area contributed by atoms with Crippen LogP contribution < -0.4 is 5.32 Å². The normalized spacial score (nSPS) is 15.8. The molecular formula is C21H22ClNO3. The zero-order chi connectivity index (χ0) is 18.6. The molecule has 1 atom stereocenters. The molecule has 1 fully saturated rings. The lowest BCUT2D eigenvalue weighted by atomic mass is 9.96. The van der Waals surface area contributed by atoms with Gasteiger partial charge < -0.3 is 10.1 Å². The number of rotatable bonds is 7. The fourth-order valence-corrected chi connectivity index (χ4v) is 3.12. The van der Waals surface area contributed by atoms with Crippen molar-refractivity contribution in [2.24, 2.45) is 0 Å². The van der Waals surface area contributed by atoms with Crippen molar-refractivity contribution in [1.82, 2.24) is 5.32 Å². The van der Waals surface area contributed by atoms with Gasteiger partial charge in [0.2, 0.25) is 0 Å². The van der Waals surface area contributed by atoms with Crippen molar-refractivity contribution in [2.75, 3.05) is 13.2 Å². The van der Waals surface area contributed by atoms with Crippen LogP contribution in [0.15, 0.2) is 54.6 Å². The summed E-state index contributed by atoms with van der Waals surface area (Å²) in [5, 5.41) is 3.45. The summed E-state index contributed by atoms with van der Waals surface area (Å²) in [6.45, 7) is 2.29. The van der Waals surface area contributed by atoms with Gasteiger partial charge in [0.05, 0.1) is 5.41 Å². The molecule has 1 aliphatic rings. The van der Waals surface area contributed by atoms with Crippen LogP contribution in [0.2, 0.25) is 5.02 Å². The zero-order valence-electron chi connectivity index (χ0n) is 14.7. The van der Waals surface area contributed by atoms with E-state index in [1.165, 1.54) is 0 Å². The van der Waals surface area contributed by atoms with Gasteiger partial charge in [-0.25, -0.2) is 0 Å². The van der Waals surface area contributed by atoms with Gasteiger partial charge >= 0.3 is 5.97 Å². The molecule has 0 radical (unpaired) electrons. The lowest BCUT2D eigenvalue weighted by molar-refractivity contribution is -0.151. The molecule has 0 bridgehead atoms. The second-order valence-electron chi connectivity index (χ2n) is 6.78. The maximum Gasteiger partial charge on any atom is 0.317 e. The van der Waals surface area contributed by atoms with Gasteiger partial charge in [0, 0.05) is 11.6 Å². The molecule has 5 heteroatoms. The van der Waals surface area contributed by atoms with Crippen molar-refractivity contribution in [2.45, 2.75) is 31.1 Å². The number of benzene rings is 2. The molecule has 0 aromatic heterocycles. The predicted octanol–water partition coefficient (Wildman–Crippen LogP) is 3.83. The van der Waals surface area contributed by atoms with E-state index in [0.29, 0.717) is 11.6 Å². The first-order valence-electron chi connectivity index (χ1n) is 8.76. The van der Waals surface area contributed by atoms with E-state index in [2.05, 4.69) is 5.32 Å². The number of ether oxygens (including phenoxy) is 1. The minimum Gasteiger partial charge on any atom is -0.455 e. The highest BCUT2D eigenvalue weighted by atomic mass is 35.5. The number of esters is 1. The summed E-state index contributed by atoms with van der Waals surface area (Å²) < 4.78 is 5.27. The van der Waals surface area contributed by atoms with E-state index >= 15 is 0 Å². The maximum atomic E-state index is 12.4. The van der Waals surface area contributed by atoms with Crippen LogP contribution in [0.1, 0.15) is 36.8 Å². The largest absolute Gasteiger partial charge is 0.455 e. The first-order valence-corrected chi connectivity index (χ1v) is 9.14. The molecule has 2 aromatic carbocycles. The van der Waals surface area contributed by atoms with Gasteiger partial charge in [0.15, 0.2) is 6.61 Å². The Morgan fingerprint density at radius 3 is 2.38 bits per heavy atom. The highest BCUT2D eigenvalue weighted by Crippen LogP contribution is 2.49. The lowest BCUT2D eigenvalue weighted by Crippen LogP contribution is -2.33. The Morgan fingerprint density at radius 1 is 1.12 bits per heavy atom. The minimum absolute atomic E-state index is 0.194. The smallest absolute Gasteiger partial charge is 0.317 e. The Labute approximate surface area is 158 Å². The van der Waals surface area contributed by atoms with Gasteiger partial charge in [0.25, 0.3) is 5.91 Å². The average Bonchev–Trinajstić information content (AvgIpc) is 3.47. The summed E-state index contributed by atoms with van der Waals surface area (Å²) in [5.74, 6) is -0.432. The van der Waals surface area contributed by atoms with Crippen LogP contribution in [0.4, 0.5) is 0 Å². The van der Waals surface area contributed by atoms with Crippen molar-refractivity contribution in [3.05, 3.63) is 70.7 Å². The minimum atomic E-state index is -0.609. The molecular weight excluding hydrogens is 350 g/mol. The summed E-state index contributed by atoms with van der Waals surface area (Å²) in [6, 6.07) is 17.2. The molecule has 1 aliphatic carbocycles. The molecule has 26 heavy (non-hydrogen) atoms. The van der Waals surface area contributed by atoms with Crippen LogP contribution in [0, 0.1) is 0 Å². The molecule has 0 aliphatic heterocycles. The number of amides is 1. The van der Waals surface area contributed by atoms with Crippen LogP contribution in [0.25, 0.3) is 0 Å². The third kappa shape index (κ3) is 4.25. The second-order valence-corrected chi connectivity index (χ2v) is 7.22. The van der Waals surface area contributed by atoms with Gasteiger partial charge in [-0.1, -0.05) is 61.0 Å². The Balaban J connectivity index is 1.47. The number of hydrogen-bond acceptors (Lipinski definition) is 3. The van der Waals surface area contributed by atoms with Crippen molar-refractivity contribution < 1.29 is 14.3 Å². The summed E-state index contributed by atoms with van der Waals surface area (Å²) >= 11 is 5.90. The Hall–Kier alpha value is -2.33. The first-order chi connectivity index (χ1) is 12.5. The van der Waals surface area contributed by atoms with E-state index in [-0.39, 0.29) is 24.4 Å². The number of carbonyl (C=O) groups is 2. The van der Waals surface area contributed by atoms with Crippen molar-refractivity contribution in [1.29, 1.82) is 0 Å². The lowest BCUT2D eigenvalue weighted by Gasteiger charge is -2.16. The van der Waals surface area contributed by atoms with Crippen LogP contribution in [0.5, 0.6) is 0 Å². The van der Waals surface area contributed by atoms with E-state index in [4.69, 9.17) is 16.3 Å². The molecule has 0 heterocycles.